The number of rotatable bonds is 11. The van der Waals surface area contributed by atoms with E-state index in [1.54, 1.807) is 55.6 Å². The van der Waals surface area contributed by atoms with Gasteiger partial charge < -0.3 is 28.5 Å². The Morgan fingerprint density at radius 1 is 1.16 bits per heavy atom. The molecule has 0 radical (unpaired) electrons. The number of furan rings is 2. The molecule has 5 rings (SSSR count). The van der Waals surface area contributed by atoms with Crippen molar-refractivity contribution in [2.24, 2.45) is 0 Å². The third-order valence-corrected chi connectivity index (χ3v) is 6.21. The van der Waals surface area contributed by atoms with Crippen LogP contribution in [0.2, 0.25) is 0 Å². The Labute approximate surface area is 218 Å². The summed E-state index contributed by atoms with van der Waals surface area (Å²) in [6.07, 6.45) is 4.74. The third-order valence-electron chi connectivity index (χ3n) is 6.21. The zero-order valence-corrected chi connectivity index (χ0v) is 20.9. The molecular weight excluding hydrogens is 492 g/mol. The summed E-state index contributed by atoms with van der Waals surface area (Å²) in [6.45, 7) is 0.800. The number of amides is 2. The number of nitrogens with zero attached hydrogens (tertiary/aromatic N) is 5. The number of ether oxygens (including phenoxy) is 2. The molecule has 38 heavy (non-hydrogen) atoms. The summed E-state index contributed by atoms with van der Waals surface area (Å²) in [5.74, 6) is 1.07. The molecule has 0 aliphatic carbocycles. The minimum atomic E-state index is -1.05. The largest absolute Gasteiger partial charge is 0.497 e. The van der Waals surface area contributed by atoms with Crippen molar-refractivity contribution in [3.05, 3.63) is 72.6 Å². The van der Waals surface area contributed by atoms with Gasteiger partial charge in [-0.1, -0.05) is 0 Å². The first-order valence-electron chi connectivity index (χ1n) is 12.3. The van der Waals surface area contributed by atoms with Crippen LogP contribution in [0.4, 0.5) is 0 Å². The number of methoxy groups -OCH3 is 1. The normalized spacial score (nSPS) is 15.8. The van der Waals surface area contributed by atoms with E-state index in [0.717, 1.165) is 18.4 Å². The van der Waals surface area contributed by atoms with Gasteiger partial charge in [0.25, 0.3) is 5.91 Å². The Balaban J connectivity index is 1.37. The molecular formula is C26H28N6O6. The van der Waals surface area contributed by atoms with Crippen LogP contribution in [0.5, 0.6) is 5.75 Å². The maximum atomic E-state index is 13.7. The maximum Gasteiger partial charge on any atom is 0.250 e. The summed E-state index contributed by atoms with van der Waals surface area (Å²) >= 11 is 0. The molecule has 0 unspecified atom stereocenters. The molecule has 0 spiro atoms. The number of hydrogen-bond acceptors (Lipinski definition) is 9. The smallest absolute Gasteiger partial charge is 0.250 e. The van der Waals surface area contributed by atoms with Crippen LogP contribution in [0.15, 0.2) is 69.9 Å². The van der Waals surface area contributed by atoms with E-state index in [4.69, 9.17) is 18.3 Å². The highest BCUT2D eigenvalue weighted by molar-refractivity contribution is 5.88. The van der Waals surface area contributed by atoms with E-state index < -0.39 is 11.9 Å². The first kappa shape index (κ1) is 25.2. The van der Waals surface area contributed by atoms with Crippen LogP contribution in [-0.2, 0) is 27.4 Å². The fourth-order valence-corrected chi connectivity index (χ4v) is 4.26. The van der Waals surface area contributed by atoms with Crippen LogP contribution in [0.25, 0.3) is 11.4 Å². The second-order valence-electron chi connectivity index (χ2n) is 8.77. The average molecular weight is 521 g/mol. The molecule has 3 aromatic heterocycles. The van der Waals surface area contributed by atoms with Gasteiger partial charge in [0.2, 0.25) is 11.7 Å². The number of carbonyl (C=O) groups is 2. The molecule has 2 amide bonds. The number of benzene rings is 1. The minimum absolute atomic E-state index is 0.0323. The van der Waals surface area contributed by atoms with Gasteiger partial charge in [-0.25, -0.2) is 0 Å². The standard InChI is InChI=1S/C26H28N6O6/c1-35-19-10-8-18(9-11-19)25-28-30-32(29-25)17-23(33)31(16-21-6-3-13-37-21)24(22-7-4-14-38-22)26(34)27-15-20-5-2-12-36-20/h3-4,6-11,13-14,20,24H,2,5,12,15-17H2,1H3,(H,27,34)/t20-,24-/m0/s1. The zero-order chi connectivity index (χ0) is 26.3. The van der Waals surface area contributed by atoms with Gasteiger partial charge in [-0.15, -0.1) is 10.2 Å². The van der Waals surface area contributed by atoms with Gasteiger partial charge in [-0.05, 0) is 66.6 Å². The van der Waals surface area contributed by atoms with E-state index in [9.17, 15) is 9.59 Å². The lowest BCUT2D eigenvalue weighted by atomic mass is 10.1. The fourth-order valence-electron chi connectivity index (χ4n) is 4.26. The number of aromatic nitrogens is 4. The maximum absolute atomic E-state index is 13.7. The summed E-state index contributed by atoms with van der Waals surface area (Å²) in [7, 11) is 1.59. The summed E-state index contributed by atoms with van der Waals surface area (Å²) in [6, 6.07) is 12.9. The summed E-state index contributed by atoms with van der Waals surface area (Å²) in [5.41, 5.74) is 0.721. The highest BCUT2D eigenvalue weighted by Crippen LogP contribution is 2.25. The molecule has 12 heteroatoms. The van der Waals surface area contributed by atoms with Gasteiger partial charge in [-0.3, -0.25) is 9.59 Å². The number of carbonyl (C=O) groups excluding carboxylic acids is 2. The molecule has 1 aromatic carbocycles. The zero-order valence-electron chi connectivity index (χ0n) is 20.9. The van der Waals surface area contributed by atoms with Gasteiger partial charge in [0.05, 0.1) is 32.3 Å². The molecule has 2 atom stereocenters. The molecule has 1 N–H and O–H groups in total. The lowest BCUT2D eigenvalue weighted by Crippen LogP contribution is -2.46. The highest BCUT2D eigenvalue weighted by atomic mass is 16.5. The Bertz CT molecular complexity index is 1310. The molecule has 4 aromatic rings. The van der Waals surface area contributed by atoms with Crippen LogP contribution < -0.4 is 10.1 Å². The Morgan fingerprint density at radius 3 is 2.66 bits per heavy atom. The van der Waals surface area contributed by atoms with Gasteiger partial charge in [-0.2, -0.15) is 4.80 Å². The van der Waals surface area contributed by atoms with E-state index in [0.29, 0.717) is 36.2 Å². The van der Waals surface area contributed by atoms with E-state index in [2.05, 4.69) is 20.7 Å². The molecule has 198 valence electrons. The van der Waals surface area contributed by atoms with Crippen molar-refractivity contribution in [3.8, 4) is 17.1 Å². The van der Waals surface area contributed by atoms with Crippen molar-refractivity contribution in [2.75, 3.05) is 20.3 Å². The SMILES string of the molecule is COc1ccc(-c2nnn(CC(=O)N(Cc3ccco3)[C@H](C(=O)NC[C@@H]3CCCO3)c3ccco3)n2)cc1. The van der Waals surface area contributed by atoms with Gasteiger partial charge >= 0.3 is 0 Å². The van der Waals surface area contributed by atoms with E-state index in [1.807, 2.05) is 0 Å². The summed E-state index contributed by atoms with van der Waals surface area (Å²) in [4.78, 5) is 29.7. The minimum Gasteiger partial charge on any atom is -0.497 e. The Kier molecular flexibility index (Phi) is 7.78. The van der Waals surface area contributed by atoms with Crippen molar-refractivity contribution < 1.29 is 27.9 Å². The van der Waals surface area contributed by atoms with E-state index >= 15 is 0 Å². The van der Waals surface area contributed by atoms with Crippen LogP contribution >= 0.6 is 0 Å². The lowest BCUT2D eigenvalue weighted by molar-refractivity contribution is -0.143. The topological polar surface area (TPSA) is 138 Å². The molecule has 1 saturated heterocycles. The average Bonchev–Trinajstić information content (AvgIpc) is 3.76. The predicted octanol–water partition coefficient (Wildman–Crippen LogP) is 2.60. The van der Waals surface area contributed by atoms with Crippen LogP contribution in [0.3, 0.4) is 0 Å². The van der Waals surface area contributed by atoms with Crippen molar-refractivity contribution in [3.63, 3.8) is 0 Å². The monoisotopic (exact) mass is 520 g/mol. The molecule has 0 saturated carbocycles. The van der Waals surface area contributed by atoms with E-state index in [1.165, 1.54) is 22.2 Å². The second kappa shape index (κ2) is 11.7. The second-order valence-corrected chi connectivity index (χ2v) is 8.77. The van der Waals surface area contributed by atoms with Gasteiger partial charge in [0, 0.05) is 18.7 Å². The number of nitrogens with one attached hydrogen (secondary N) is 1. The fraction of sp³-hybridized carbons (Fsp3) is 0.346. The molecule has 1 aliphatic rings. The van der Waals surface area contributed by atoms with Crippen molar-refractivity contribution >= 4 is 11.8 Å². The molecule has 1 fully saturated rings. The quantitative estimate of drug-likeness (QED) is 0.316. The number of tetrazole rings is 1. The predicted molar refractivity (Wildman–Crippen MR) is 132 cm³/mol. The van der Waals surface area contributed by atoms with Crippen molar-refractivity contribution in [1.29, 1.82) is 0 Å². The third kappa shape index (κ3) is 5.92. The molecule has 4 heterocycles. The van der Waals surface area contributed by atoms with Crippen molar-refractivity contribution in [2.45, 2.75) is 38.1 Å². The Hall–Kier alpha value is -4.45. The number of hydrogen-bond donors (Lipinski definition) is 1. The molecule has 12 nitrogen and oxygen atoms in total. The van der Waals surface area contributed by atoms with Gasteiger partial charge in [0.15, 0.2) is 6.04 Å². The van der Waals surface area contributed by atoms with Crippen LogP contribution in [0, 0.1) is 0 Å². The molecule has 0 bridgehead atoms. The highest BCUT2D eigenvalue weighted by Gasteiger charge is 2.35. The van der Waals surface area contributed by atoms with Crippen LogP contribution in [-0.4, -0.2) is 63.3 Å². The van der Waals surface area contributed by atoms with Gasteiger partial charge in [0.1, 0.15) is 23.8 Å². The van der Waals surface area contributed by atoms with Crippen molar-refractivity contribution in [1.82, 2.24) is 30.4 Å². The first-order valence-corrected chi connectivity index (χ1v) is 12.3. The lowest BCUT2D eigenvalue weighted by Gasteiger charge is -2.29. The van der Waals surface area contributed by atoms with E-state index in [-0.39, 0.29) is 25.1 Å². The summed E-state index contributed by atoms with van der Waals surface area (Å²) < 4.78 is 21.9. The summed E-state index contributed by atoms with van der Waals surface area (Å²) in [5, 5.41) is 15.4. The molecule has 1 aliphatic heterocycles. The first-order chi connectivity index (χ1) is 18.6. The van der Waals surface area contributed by atoms with Crippen LogP contribution in [0.1, 0.15) is 30.4 Å². The Morgan fingerprint density at radius 2 is 1.97 bits per heavy atom.